The van der Waals surface area contributed by atoms with Gasteiger partial charge in [0.2, 0.25) is 0 Å². The summed E-state index contributed by atoms with van der Waals surface area (Å²) in [6, 6.07) is 8.62. The molecular formula is C13H16NO-. The number of piperidine rings is 1. The number of likely N-dealkylation sites (tertiary alicyclic amines) is 1. The molecule has 0 bridgehead atoms. The van der Waals surface area contributed by atoms with Gasteiger partial charge in [-0.15, -0.1) is 0 Å². The van der Waals surface area contributed by atoms with E-state index in [2.05, 4.69) is 36.2 Å². The molecule has 2 aliphatic rings. The van der Waals surface area contributed by atoms with E-state index in [1.54, 1.807) is 0 Å². The van der Waals surface area contributed by atoms with Crippen LogP contribution in [0.4, 0.5) is 0 Å². The summed E-state index contributed by atoms with van der Waals surface area (Å²) in [6.45, 7) is 2.86. The van der Waals surface area contributed by atoms with Crippen LogP contribution in [0, 0.1) is 7.05 Å². The van der Waals surface area contributed by atoms with Crippen molar-refractivity contribution in [1.82, 2.24) is 4.90 Å². The number of hydrogen-bond acceptors (Lipinski definition) is 2. The molecule has 1 spiro atoms. The molecule has 0 N–H and O–H groups in total. The first-order valence-corrected chi connectivity index (χ1v) is 5.58. The minimum Gasteiger partial charge on any atom is -0.459 e. The fourth-order valence-electron chi connectivity index (χ4n) is 2.71. The van der Waals surface area contributed by atoms with Crippen LogP contribution in [0.2, 0.25) is 0 Å². The quantitative estimate of drug-likeness (QED) is 0.598. The molecule has 0 aliphatic carbocycles. The molecule has 0 amide bonds. The third-order valence-corrected chi connectivity index (χ3v) is 3.68. The van der Waals surface area contributed by atoms with Crippen LogP contribution >= 0.6 is 0 Å². The molecule has 80 valence electrons. The molecule has 0 atom stereocenters. The van der Waals surface area contributed by atoms with Gasteiger partial charge in [-0.2, -0.15) is 0 Å². The minimum absolute atomic E-state index is 0.00475. The molecule has 2 nitrogen and oxygen atoms in total. The highest BCUT2D eigenvalue weighted by atomic mass is 16.5. The second-order valence-corrected chi connectivity index (χ2v) is 4.56. The Morgan fingerprint density at radius 2 is 1.93 bits per heavy atom. The van der Waals surface area contributed by atoms with Gasteiger partial charge in [0.05, 0.1) is 12.2 Å². The Kier molecular flexibility index (Phi) is 2.08. The van der Waals surface area contributed by atoms with E-state index in [9.17, 15) is 0 Å². The van der Waals surface area contributed by atoms with Gasteiger partial charge in [0.1, 0.15) is 0 Å². The van der Waals surface area contributed by atoms with E-state index in [-0.39, 0.29) is 5.60 Å². The van der Waals surface area contributed by atoms with Crippen molar-refractivity contribution >= 4 is 0 Å². The average molecular weight is 202 g/mol. The topological polar surface area (TPSA) is 12.5 Å². The smallest absolute Gasteiger partial charge is 0.0961 e. The minimum atomic E-state index is 0.00475. The van der Waals surface area contributed by atoms with E-state index in [0.29, 0.717) is 0 Å². The van der Waals surface area contributed by atoms with E-state index < -0.39 is 0 Å². The van der Waals surface area contributed by atoms with Gasteiger partial charge in [-0.05, 0) is 37.1 Å². The Hall–Kier alpha value is -0.860. The maximum atomic E-state index is 6.05. The van der Waals surface area contributed by atoms with Gasteiger partial charge in [0.15, 0.2) is 0 Å². The van der Waals surface area contributed by atoms with Crippen LogP contribution in [0.25, 0.3) is 0 Å². The molecule has 3 rings (SSSR count). The molecule has 2 aliphatic heterocycles. The predicted octanol–water partition coefficient (Wildman–Crippen LogP) is 2.30. The third-order valence-electron chi connectivity index (χ3n) is 3.68. The van der Waals surface area contributed by atoms with Crippen LogP contribution in [0.1, 0.15) is 24.0 Å². The zero-order valence-corrected chi connectivity index (χ0v) is 8.91. The lowest BCUT2D eigenvalue weighted by Crippen LogP contribution is -2.39. The molecule has 1 aromatic rings. The van der Waals surface area contributed by atoms with Crippen LogP contribution in [0.5, 0.6) is 0 Å². The van der Waals surface area contributed by atoms with E-state index in [0.717, 1.165) is 32.5 Å². The number of ether oxygens (including phenoxy) is 1. The van der Waals surface area contributed by atoms with Crippen molar-refractivity contribution in [2.45, 2.75) is 25.0 Å². The highest BCUT2D eigenvalue weighted by Gasteiger charge is 2.40. The van der Waals surface area contributed by atoms with E-state index >= 15 is 0 Å². The summed E-state index contributed by atoms with van der Waals surface area (Å²) in [5.41, 5.74) is 2.79. The Morgan fingerprint density at radius 1 is 1.20 bits per heavy atom. The highest BCUT2D eigenvalue weighted by molar-refractivity contribution is 5.35. The standard InChI is InChI=1S/C13H16NO/c1-14-8-6-13(7-9-14)12-5-3-2-4-11(12)10-15-13/h2-5H,1,6-10H2/q-1. The summed E-state index contributed by atoms with van der Waals surface area (Å²) < 4.78 is 6.05. The van der Waals surface area contributed by atoms with E-state index in [4.69, 9.17) is 4.74 Å². The van der Waals surface area contributed by atoms with Crippen molar-refractivity contribution in [3.8, 4) is 0 Å². The molecule has 1 fully saturated rings. The molecule has 15 heavy (non-hydrogen) atoms. The average Bonchev–Trinajstić information content (AvgIpc) is 2.63. The number of nitrogens with zero attached hydrogens (tertiary/aromatic N) is 1. The maximum Gasteiger partial charge on any atom is 0.0961 e. The van der Waals surface area contributed by atoms with Gasteiger partial charge in [0.25, 0.3) is 0 Å². The Morgan fingerprint density at radius 3 is 2.73 bits per heavy atom. The monoisotopic (exact) mass is 202 g/mol. The van der Waals surface area contributed by atoms with Crippen LogP contribution in [0.15, 0.2) is 24.3 Å². The van der Waals surface area contributed by atoms with Gasteiger partial charge < -0.3 is 9.64 Å². The molecule has 1 aromatic carbocycles. The van der Waals surface area contributed by atoms with Crippen LogP contribution < -0.4 is 0 Å². The first-order chi connectivity index (χ1) is 7.30. The van der Waals surface area contributed by atoms with Gasteiger partial charge in [-0.1, -0.05) is 24.3 Å². The lowest BCUT2D eigenvalue weighted by Gasteiger charge is -2.41. The SMILES string of the molecule is [CH2-]N1CCC2(CC1)OCc1ccccc12. The largest absolute Gasteiger partial charge is 0.459 e. The zero-order valence-electron chi connectivity index (χ0n) is 8.91. The van der Waals surface area contributed by atoms with Gasteiger partial charge in [-0.3, -0.25) is 7.05 Å². The Balaban J connectivity index is 1.95. The van der Waals surface area contributed by atoms with Gasteiger partial charge in [-0.25, -0.2) is 0 Å². The van der Waals surface area contributed by atoms with E-state index in [1.165, 1.54) is 11.1 Å². The Labute approximate surface area is 90.8 Å². The number of fused-ring (bicyclic) bond motifs is 2. The normalized spacial score (nSPS) is 24.3. The summed E-state index contributed by atoms with van der Waals surface area (Å²) in [7, 11) is 3.99. The molecule has 0 aromatic heterocycles. The van der Waals surface area contributed by atoms with Crippen LogP contribution in [-0.4, -0.2) is 18.0 Å². The lowest BCUT2D eigenvalue weighted by molar-refractivity contribution is -0.0733. The summed E-state index contributed by atoms with van der Waals surface area (Å²) >= 11 is 0. The number of hydrogen-bond donors (Lipinski definition) is 0. The Bertz CT molecular complexity index is 367. The fourth-order valence-corrected chi connectivity index (χ4v) is 2.71. The van der Waals surface area contributed by atoms with Crippen molar-refractivity contribution in [3.05, 3.63) is 42.4 Å². The van der Waals surface area contributed by atoms with Crippen LogP contribution in [0.3, 0.4) is 0 Å². The molecule has 0 radical (unpaired) electrons. The lowest BCUT2D eigenvalue weighted by atomic mass is 9.84. The first-order valence-electron chi connectivity index (χ1n) is 5.58. The van der Waals surface area contributed by atoms with Crippen molar-refractivity contribution in [2.24, 2.45) is 0 Å². The summed E-state index contributed by atoms with van der Waals surface area (Å²) in [5.74, 6) is 0. The van der Waals surface area contributed by atoms with Crippen LogP contribution in [-0.2, 0) is 16.9 Å². The second-order valence-electron chi connectivity index (χ2n) is 4.56. The zero-order chi connectivity index (χ0) is 10.3. The van der Waals surface area contributed by atoms with Crippen molar-refractivity contribution in [1.29, 1.82) is 0 Å². The second kappa shape index (κ2) is 3.32. The summed E-state index contributed by atoms with van der Waals surface area (Å²) in [5, 5.41) is 0. The first kappa shape index (κ1) is 9.37. The molecule has 2 heterocycles. The number of benzene rings is 1. The molecule has 2 heteroatoms. The van der Waals surface area contributed by atoms with E-state index in [1.807, 2.05) is 0 Å². The summed E-state index contributed by atoms with van der Waals surface area (Å²) in [4.78, 5) is 2.13. The molecule has 1 saturated heterocycles. The predicted molar refractivity (Wildman–Crippen MR) is 59.1 cm³/mol. The molecule has 0 saturated carbocycles. The molecule has 0 unspecified atom stereocenters. The van der Waals surface area contributed by atoms with Crippen molar-refractivity contribution < 1.29 is 4.74 Å². The summed E-state index contributed by atoms with van der Waals surface area (Å²) in [6.07, 6.45) is 2.15. The highest BCUT2D eigenvalue weighted by Crippen LogP contribution is 2.43. The fraction of sp³-hybridized carbons (Fsp3) is 0.462. The van der Waals surface area contributed by atoms with Crippen molar-refractivity contribution in [2.75, 3.05) is 13.1 Å². The van der Waals surface area contributed by atoms with Gasteiger partial charge >= 0.3 is 0 Å². The third kappa shape index (κ3) is 1.40. The van der Waals surface area contributed by atoms with Gasteiger partial charge in [0, 0.05) is 0 Å². The van der Waals surface area contributed by atoms with Crippen molar-refractivity contribution in [3.63, 3.8) is 0 Å². The number of rotatable bonds is 0. The maximum absolute atomic E-state index is 6.05. The molecular weight excluding hydrogens is 186 g/mol.